The second-order valence-electron chi connectivity index (χ2n) is 9.19. The van der Waals surface area contributed by atoms with Gasteiger partial charge in [-0.3, -0.25) is 14.5 Å². The molecule has 4 aromatic carbocycles. The molecule has 0 aromatic heterocycles. The molecule has 5 rings (SSSR count). The van der Waals surface area contributed by atoms with Crippen molar-refractivity contribution in [1.82, 2.24) is 5.32 Å². The molecule has 0 fully saturated rings. The van der Waals surface area contributed by atoms with E-state index >= 15 is 0 Å². The number of nitrogens with zero attached hydrogens (tertiary/aromatic N) is 1. The molecule has 0 saturated carbocycles. The van der Waals surface area contributed by atoms with E-state index in [-0.39, 0.29) is 23.6 Å². The van der Waals surface area contributed by atoms with E-state index in [2.05, 4.69) is 11.4 Å². The van der Waals surface area contributed by atoms with Gasteiger partial charge in [-0.05, 0) is 60.9 Å². The zero-order chi connectivity index (χ0) is 25.8. The Morgan fingerprint density at radius 1 is 0.919 bits per heavy atom. The van der Waals surface area contributed by atoms with E-state index in [0.29, 0.717) is 17.9 Å². The highest BCUT2D eigenvalue weighted by atomic mass is 16.5. The fraction of sp³-hybridized carbons (Fsp3) is 0.125. The first-order valence-corrected chi connectivity index (χ1v) is 12.3. The summed E-state index contributed by atoms with van der Waals surface area (Å²) in [5, 5.41) is 3.02. The zero-order valence-electron chi connectivity index (χ0n) is 20.8. The Kier molecular flexibility index (Phi) is 6.86. The van der Waals surface area contributed by atoms with Crippen LogP contribution in [0.2, 0.25) is 0 Å². The molecule has 1 N–H and O–H groups in total. The Hall–Kier alpha value is -4.64. The van der Waals surface area contributed by atoms with E-state index < -0.39 is 0 Å². The molecule has 0 saturated heterocycles. The van der Waals surface area contributed by atoms with Gasteiger partial charge in [-0.2, -0.15) is 0 Å². The molecule has 184 valence electrons. The molecule has 1 aliphatic rings. The lowest BCUT2D eigenvalue weighted by Crippen LogP contribution is -2.36. The van der Waals surface area contributed by atoms with Crippen molar-refractivity contribution in [2.75, 3.05) is 4.90 Å². The van der Waals surface area contributed by atoms with Crippen molar-refractivity contribution in [2.24, 2.45) is 0 Å². The number of carbonyl (C=O) groups is 2. The Morgan fingerprint density at radius 2 is 1.65 bits per heavy atom. The van der Waals surface area contributed by atoms with E-state index in [9.17, 15) is 9.59 Å². The number of ether oxygens (including phenoxy) is 1. The van der Waals surface area contributed by atoms with Crippen LogP contribution in [0.1, 0.15) is 45.6 Å². The standard InChI is InChI=1S/C32H28N2O3/c1-22-9-8-10-25(19-22)21-34-28-13-6-7-14-29(28)37-30(32(34)36)20-24-15-17-27(18-16-24)31(35)33-23(2)26-11-4-3-5-12-26/h3-20,23H,21H2,1-2H3,(H,33,35)/b30-20+/t23-/m0/s1. The molecule has 1 aliphatic heterocycles. The van der Waals surface area contributed by atoms with Crippen LogP contribution in [0.5, 0.6) is 5.75 Å². The average molecular weight is 489 g/mol. The summed E-state index contributed by atoms with van der Waals surface area (Å²) in [6.07, 6.45) is 1.72. The molecular formula is C32H28N2O3. The highest BCUT2D eigenvalue weighted by Crippen LogP contribution is 2.36. The van der Waals surface area contributed by atoms with E-state index in [0.717, 1.165) is 27.9 Å². The van der Waals surface area contributed by atoms with Crippen molar-refractivity contribution in [3.05, 3.63) is 137 Å². The minimum Gasteiger partial charge on any atom is -0.449 e. The van der Waals surface area contributed by atoms with Crippen LogP contribution in [0.4, 0.5) is 5.69 Å². The first-order valence-electron chi connectivity index (χ1n) is 12.3. The van der Waals surface area contributed by atoms with Gasteiger partial charge in [-0.1, -0.05) is 84.4 Å². The van der Waals surface area contributed by atoms with E-state index in [1.807, 2.05) is 98.8 Å². The van der Waals surface area contributed by atoms with Gasteiger partial charge in [0.05, 0.1) is 18.3 Å². The molecular weight excluding hydrogens is 460 g/mol. The number of benzene rings is 4. The normalized spacial score (nSPS) is 14.6. The van der Waals surface area contributed by atoms with Crippen molar-refractivity contribution in [2.45, 2.75) is 26.4 Å². The summed E-state index contributed by atoms with van der Waals surface area (Å²) in [6.45, 7) is 4.44. The van der Waals surface area contributed by atoms with Gasteiger partial charge >= 0.3 is 0 Å². The first kappa shape index (κ1) is 24.1. The van der Waals surface area contributed by atoms with E-state index in [4.69, 9.17) is 4.74 Å². The maximum atomic E-state index is 13.5. The van der Waals surface area contributed by atoms with Crippen molar-refractivity contribution in [3.8, 4) is 5.75 Å². The summed E-state index contributed by atoms with van der Waals surface area (Å²) in [5.41, 5.74) is 5.29. The van der Waals surface area contributed by atoms with Crippen LogP contribution >= 0.6 is 0 Å². The van der Waals surface area contributed by atoms with Gasteiger partial charge < -0.3 is 10.1 Å². The molecule has 0 bridgehead atoms. The number of nitrogens with one attached hydrogen (secondary N) is 1. The molecule has 0 spiro atoms. The van der Waals surface area contributed by atoms with E-state index in [1.165, 1.54) is 0 Å². The van der Waals surface area contributed by atoms with Crippen molar-refractivity contribution < 1.29 is 14.3 Å². The predicted octanol–water partition coefficient (Wildman–Crippen LogP) is 6.45. The Balaban J connectivity index is 1.35. The fourth-order valence-electron chi connectivity index (χ4n) is 4.40. The molecule has 37 heavy (non-hydrogen) atoms. The second kappa shape index (κ2) is 10.5. The number of anilines is 1. The van der Waals surface area contributed by atoms with Crippen LogP contribution in [0.3, 0.4) is 0 Å². The van der Waals surface area contributed by atoms with Crippen molar-refractivity contribution in [1.29, 1.82) is 0 Å². The summed E-state index contributed by atoms with van der Waals surface area (Å²) >= 11 is 0. The van der Waals surface area contributed by atoms with Crippen molar-refractivity contribution in [3.63, 3.8) is 0 Å². The van der Waals surface area contributed by atoms with Crippen LogP contribution in [0.15, 0.2) is 109 Å². The number of aryl methyl sites for hydroxylation is 1. The third-order valence-corrected chi connectivity index (χ3v) is 6.37. The number of hydrogen-bond donors (Lipinski definition) is 1. The lowest BCUT2D eigenvalue weighted by Gasteiger charge is -2.30. The molecule has 4 aromatic rings. The van der Waals surface area contributed by atoms with E-state index in [1.54, 1.807) is 23.1 Å². The highest BCUT2D eigenvalue weighted by Gasteiger charge is 2.30. The van der Waals surface area contributed by atoms with Crippen LogP contribution in [0.25, 0.3) is 6.08 Å². The Morgan fingerprint density at radius 3 is 2.41 bits per heavy atom. The van der Waals surface area contributed by atoms with Crippen LogP contribution < -0.4 is 15.0 Å². The summed E-state index contributed by atoms with van der Waals surface area (Å²) < 4.78 is 6.01. The maximum absolute atomic E-state index is 13.5. The zero-order valence-corrected chi connectivity index (χ0v) is 20.8. The van der Waals surface area contributed by atoms with Gasteiger partial charge in [0.2, 0.25) is 0 Å². The number of amides is 2. The largest absolute Gasteiger partial charge is 0.449 e. The predicted molar refractivity (Wildman–Crippen MR) is 146 cm³/mol. The monoisotopic (exact) mass is 488 g/mol. The minimum atomic E-state index is -0.210. The Labute approximate surface area is 217 Å². The summed E-state index contributed by atoms with van der Waals surface area (Å²) in [4.78, 5) is 28.0. The number of carbonyl (C=O) groups excluding carboxylic acids is 2. The third kappa shape index (κ3) is 5.46. The van der Waals surface area contributed by atoms with Gasteiger partial charge in [0, 0.05) is 5.56 Å². The molecule has 1 heterocycles. The summed E-state index contributed by atoms with van der Waals surface area (Å²) in [6, 6.07) is 32.5. The summed E-state index contributed by atoms with van der Waals surface area (Å²) in [5.74, 6) is 0.505. The summed E-state index contributed by atoms with van der Waals surface area (Å²) in [7, 11) is 0. The van der Waals surface area contributed by atoms with Gasteiger partial charge in [0.15, 0.2) is 11.5 Å². The lowest BCUT2D eigenvalue weighted by molar-refractivity contribution is -0.117. The molecule has 5 nitrogen and oxygen atoms in total. The number of hydrogen-bond acceptors (Lipinski definition) is 3. The fourth-order valence-corrected chi connectivity index (χ4v) is 4.40. The number of rotatable bonds is 6. The second-order valence-corrected chi connectivity index (χ2v) is 9.19. The van der Waals surface area contributed by atoms with Gasteiger partial charge in [0.1, 0.15) is 0 Å². The first-order chi connectivity index (χ1) is 18.0. The molecule has 5 heteroatoms. The quantitative estimate of drug-likeness (QED) is 0.317. The topological polar surface area (TPSA) is 58.6 Å². The molecule has 0 radical (unpaired) electrons. The van der Waals surface area contributed by atoms with Gasteiger partial charge in [-0.15, -0.1) is 0 Å². The third-order valence-electron chi connectivity index (χ3n) is 6.37. The molecule has 0 unspecified atom stereocenters. The molecule has 1 atom stereocenters. The van der Waals surface area contributed by atoms with Crippen LogP contribution in [0, 0.1) is 6.92 Å². The number of para-hydroxylation sites is 2. The van der Waals surface area contributed by atoms with Crippen molar-refractivity contribution >= 4 is 23.6 Å². The van der Waals surface area contributed by atoms with Crippen LogP contribution in [-0.4, -0.2) is 11.8 Å². The maximum Gasteiger partial charge on any atom is 0.294 e. The van der Waals surface area contributed by atoms with Gasteiger partial charge in [-0.25, -0.2) is 0 Å². The Bertz CT molecular complexity index is 1460. The molecule has 2 amide bonds. The highest BCUT2D eigenvalue weighted by molar-refractivity contribution is 6.09. The smallest absolute Gasteiger partial charge is 0.294 e. The number of fused-ring (bicyclic) bond motifs is 1. The minimum absolute atomic E-state index is 0.108. The molecule has 0 aliphatic carbocycles. The van der Waals surface area contributed by atoms with Gasteiger partial charge in [0.25, 0.3) is 11.8 Å². The SMILES string of the molecule is Cc1cccc(CN2C(=O)/C(=C\c3ccc(C(=O)N[C@@H](C)c4ccccc4)cc3)Oc3ccccc32)c1. The van der Waals surface area contributed by atoms with Crippen LogP contribution in [-0.2, 0) is 11.3 Å². The average Bonchev–Trinajstić information content (AvgIpc) is 2.92. The lowest BCUT2D eigenvalue weighted by atomic mass is 10.1.